The van der Waals surface area contributed by atoms with Gasteiger partial charge in [-0.25, -0.2) is 0 Å². The lowest BCUT2D eigenvalue weighted by atomic mass is 9.64. The van der Waals surface area contributed by atoms with Crippen LogP contribution >= 0.6 is 0 Å². The highest BCUT2D eigenvalue weighted by Gasteiger charge is 2.49. The van der Waals surface area contributed by atoms with Crippen LogP contribution in [0.1, 0.15) is 122 Å². The summed E-state index contributed by atoms with van der Waals surface area (Å²) < 4.78 is 0. The van der Waals surface area contributed by atoms with Crippen molar-refractivity contribution in [2.24, 2.45) is 0 Å². The largest absolute Gasteiger partial charge is 0.0620 e. The van der Waals surface area contributed by atoms with Crippen LogP contribution in [0.2, 0.25) is 0 Å². The predicted octanol–water partition coefficient (Wildman–Crippen LogP) is 8.21. The summed E-state index contributed by atoms with van der Waals surface area (Å²) in [6, 6.07) is 28.5. The molecule has 174 valence electrons. The lowest BCUT2D eigenvalue weighted by molar-refractivity contribution is 0.520. The number of hydrogen-bond donors (Lipinski definition) is 0. The Morgan fingerprint density at radius 2 is 0.639 bits per heavy atom. The average molecular weight is 463 g/mol. The molecule has 0 amide bonds. The summed E-state index contributed by atoms with van der Waals surface area (Å²) in [7, 11) is 0. The van der Waals surface area contributed by atoms with Crippen LogP contribution in [0.15, 0.2) is 72.8 Å². The lowest BCUT2D eigenvalue weighted by Gasteiger charge is -2.40. The first kappa shape index (κ1) is 19.1. The number of benzene rings is 4. The van der Waals surface area contributed by atoms with Crippen molar-refractivity contribution in [2.75, 3.05) is 0 Å². The van der Waals surface area contributed by atoms with Gasteiger partial charge in [-0.3, -0.25) is 0 Å². The molecule has 36 heavy (non-hydrogen) atoms. The monoisotopic (exact) mass is 462 g/mol. The summed E-state index contributed by atoms with van der Waals surface area (Å²) in [6.45, 7) is 0. The molecular formula is C36H30. The van der Waals surface area contributed by atoms with E-state index in [1.807, 2.05) is 0 Å². The van der Waals surface area contributed by atoms with Crippen LogP contribution in [0.25, 0.3) is 0 Å². The van der Waals surface area contributed by atoms with Crippen molar-refractivity contribution in [1.29, 1.82) is 0 Å². The Labute approximate surface area is 213 Å². The van der Waals surface area contributed by atoms with Gasteiger partial charge in [-0.1, -0.05) is 72.8 Å². The van der Waals surface area contributed by atoms with Crippen molar-refractivity contribution >= 4 is 0 Å². The summed E-state index contributed by atoms with van der Waals surface area (Å²) in [5, 5.41) is 0. The van der Waals surface area contributed by atoms with Gasteiger partial charge in [0.25, 0.3) is 0 Å². The third kappa shape index (κ3) is 2.13. The van der Waals surface area contributed by atoms with Crippen molar-refractivity contribution in [3.63, 3.8) is 0 Å². The first-order valence-electron chi connectivity index (χ1n) is 14.3. The molecular weight excluding hydrogens is 432 g/mol. The van der Waals surface area contributed by atoms with E-state index in [0.717, 1.165) is 0 Å². The van der Waals surface area contributed by atoms with E-state index in [-0.39, 0.29) is 0 Å². The minimum absolute atomic E-state index is 0.615. The molecule has 0 aliphatic heterocycles. The van der Waals surface area contributed by atoms with Crippen LogP contribution in [-0.2, 0) is 19.3 Å². The second-order valence-corrected chi connectivity index (χ2v) is 12.6. The Morgan fingerprint density at radius 3 is 0.944 bits per heavy atom. The summed E-state index contributed by atoms with van der Waals surface area (Å²) in [5.74, 6) is 3.99. The van der Waals surface area contributed by atoms with Gasteiger partial charge >= 0.3 is 0 Å². The van der Waals surface area contributed by atoms with Crippen molar-refractivity contribution in [3.05, 3.63) is 140 Å². The maximum absolute atomic E-state index is 2.47. The zero-order valence-electron chi connectivity index (χ0n) is 20.6. The quantitative estimate of drug-likeness (QED) is 0.247. The van der Waals surface area contributed by atoms with Gasteiger partial charge in [0, 0.05) is 17.8 Å². The zero-order chi connectivity index (χ0) is 23.1. The van der Waals surface area contributed by atoms with Gasteiger partial charge in [0.05, 0.1) is 0 Å². The highest BCUT2D eigenvalue weighted by Crippen LogP contribution is 2.64. The maximum Gasteiger partial charge on any atom is 0.0104 e. The van der Waals surface area contributed by atoms with Crippen LogP contribution in [0.3, 0.4) is 0 Å². The highest BCUT2D eigenvalue weighted by molar-refractivity contribution is 5.69. The topological polar surface area (TPSA) is 0 Å². The van der Waals surface area contributed by atoms with Gasteiger partial charge in [-0.05, 0) is 123 Å². The summed E-state index contributed by atoms with van der Waals surface area (Å²) in [5.41, 5.74) is 20.7. The average Bonchev–Trinajstić information content (AvgIpc) is 3.51. The van der Waals surface area contributed by atoms with Crippen molar-refractivity contribution in [1.82, 2.24) is 0 Å². The highest BCUT2D eigenvalue weighted by atomic mass is 14.5. The molecule has 6 aliphatic rings. The van der Waals surface area contributed by atoms with E-state index < -0.39 is 0 Å². The van der Waals surface area contributed by atoms with Gasteiger partial charge in [0.2, 0.25) is 0 Å². The molecule has 0 heteroatoms. The summed E-state index contributed by atoms with van der Waals surface area (Å²) in [4.78, 5) is 0. The van der Waals surface area contributed by atoms with E-state index in [0.29, 0.717) is 35.5 Å². The van der Waals surface area contributed by atoms with Gasteiger partial charge in [-0.2, -0.15) is 0 Å². The SMILES string of the molecule is c1ccc2c(c1)[C@H]1Cc3c(c4c(c5c3[C@@H]3C[C@H](C5)c5ccccc53)[C@@H]3C[C@H](C4)c4ccccc43)[C@@H]2C1. The van der Waals surface area contributed by atoms with Crippen LogP contribution in [0.4, 0.5) is 0 Å². The first-order chi connectivity index (χ1) is 17.8. The second-order valence-electron chi connectivity index (χ2n) is 12.6. The number of hydrogen-bond acceptors (Lipinski definition) is 0. The molecule has 0 unspecified atom stereocenters. The molecule has 0 fully saturated rings. The molecule has 0 spiro atoms. The molecule has 0 aromatic heterocycles. The van der Waals surface area contributed by atoms with E-state index >= 15 is 0 Å². The minimum Gasteiger partial charge on any atom is -0.0620 e. The van der Waals surface area contributed by atoms with Crippen LogP contribution < -0.4 is 0 Å². The molecule has 10 rings (SSSR count). The Hall–Kier alpha value is -3.12. The van der Waals surface area contributed by atoms with Crippen molar-refractivity contribution in [3.8, 4) is 0 Å². The van der Waals surface area contributed by atoms with Crippen LogP contribution in [0, 0.1) is 0 Å². The van der Waals surface area contributed by atoms with Gasteiger partial charge in [0.15, 0.2) is 0 Å². The Morgan fingerprint density at radius 1 is 0.361 bits per heavy atom. The van der Waals surface area contributed by atoms with E-state index in [4.69, 9.17) is 0 Å². The van der Waals surface area contributed by atoms with E-state index in [1.165, 1.54) is 38.5 Å². The van der Waals surface area contributed by atoms with E-state index in [1.54, 1.807) is 66.8 Å². The second kappa shape index (κ2) is 6.41. The Bertz CT molecular complexity index is 1420. The van der Waals surface area contributed by atoms with Crippen LogP contribution in [-0.4, -0.2) is 0 Å². The van der Waals surface area contributed by atoms with E-state index in [2.05, 4.69) is 72.8 Å². The Balaban J connectivity index is 1.31. The standard InChI is InChI=1S/C36H30/c1-4-10-25-22(7-1)19-13-28(25)34-31(16-19)35-29-14-21(24-9-2-5-11-26(24)29)18-33(35)36-30-15-20(17-32(34)36)23-8-3-6-12-27(23)30/h1-12,19-21,28-30H,13-18H2/t19-,20-,21-,28-,29-,30-/m1/s1. The smallest absolute Gasteiger partial charge is 0.0104 e. The lowest BCUT2D eigenvalue weighted by Crippen LogP contribution is -2.26. The van der Waals surface area contributed by atoms with Gasteiger partial charge < -0.3 is 0 Å². The predicted molar refractivity (Wildman–Crippen MR) is 144 cm³/mol. The number of fused-ring (bicyclic) bond motifs is 24. The molecule has 4 aromatic rings. The van der Waals surface area contributed by atoms with Crippen LogP contribution in [0.5, 0.6) is 0 Å². The maximum atomic E-state index is 2.47. The minimum atomic E-state index is 0.615. The van der Waals surface area contributed by atoms with Crippen molar-refractivity contribution in [2.45, 2.75) is 74.0 Å². The fourth-order valence-corrected chi connectivity index (χ4v) is 10.3. The molecule has 0 heterocycles. The molecule has 0 N–H and O–H groups in total. The first-order valence-corrected chi connectivity index (χ1v) is 14.3. The molecule has 0 nitrogen and oxygen atoms in total. The molecule has 6 bridgehead atoms. The number of rotatable bonds is 0. The van der Waals surface area contributed by atoms with E-state index in [9.17, 15) is 0 Å². The molecule has 0 radical (unpaired) electrons. The van der Waals surface area contributed by atoms with Gasteiger partial charge in [-0.15, -0.1) is 0 Å². The molecule has 6 atom stereocenters. The zero-order valence-corrected chi connectivity index (χ0v) is 20.6. The third-order valence-corrected chi connectivity index (χ3v) is 11.3. The van der Waals surface area contributed by atoms with Crippen molar-refractivity contribution < 1.29 is 0 Å². The molecule has 4 aromatic carbocycles. The normalized spacial score (nSPS) is 30.7. The fourth-order valence-electron chi connectivity index (χ4n) is 10.3. The molecule has 0 saturated carbocycles. The molecule has 0 saturated heterocycles. The summed E-state index contributed by atoms with van der Waals surface area (Å²) >= 11 is 0. The Kier molecular flexibility index (Phi) is 3.39. The summed E-state index contributed by atoms with van der Waals surface area (Å²) in [6.07, 6.45) is 7.81. The fraction of sp³-hybridized carbons (Fsp3) is 0.333. The third-order valence-electron chi connectivity index (χ3n) is 11.3. The van der Waals surface area contributed by atoms with Gasteiger partial charge in [0.1, 0.15) is 0 Å². The molecule has 6 aliphatic carbocycles.